The van der Waals surface area contributed by atoms with Gasteiger partial charge >= 0.3 is 0 Å². The summed E-state index contributed by atoms with van der Waals surface area (Å²) in [5.74, 6) is -0.208. The van der Waals surface area contributed by atoms with Crippen LogP contribution in [0.2, 0.25) is 0 Å². The van der Waals surface area contributed by atoms with Crippen LogP contribution in [0.5, 0.6) is 0 Å². The summed E-state index contributed by atoms with van der Waals surface area (Å²) in [5, 5.41) is 5.84. The summed E-state index contributed by atoms with van der Waals surface area (Å²) < 4.78 is 18.8. The van der Waals surface area contributed by atoms with E-state index >= 15 is 0 Å². The third-order valence-electron chi connectivity index (χ3n) is 5.13. The van der Waals surface area contributed by atoms with Gasteiger partial charge in [0, 0.05) is 32.6 Å². The van der Waals surface area contributed by atoms with E-state index in [1.54, 1.807) is 12.1 Å². The lowest BCUT2D eigenvalue weighted by Gasteiger charge is -2.40. The molecule has 26 heavy (non-hydrogen) atoms. The fourth-order valence-corrected chi connectivity index (χ4v) is 3.46. The molecule has 3 rings (SSSR count). The van der Waals surface area contributed by atoms with Crippen LogP contribution in [-0.2, 0) is 20.7 Å². The zero-order chi connectivity index (χ0) is 18.4. The van der Waals surface area contributed by atoms with Crippen LogP contribution in [0.1, 0.15) is 24.8 Å². The number of likely N-dealkylation sites (tertiary alicyclic amines) is 1. The number of carbonyl (C=O) groups is 2. The Balaban J connectivity index is 1.36. The predicted molar refractivity (Wildman–Crippen MR) is 95.1 cm³/mol. The van der Waals surface area contributed by atoms with Crippen LogP contribution in [-0.4, -0.2) is 61.6 Å². The maximum absolute atomic E-state index is 12.9. The molecule has 1 aromatic carbocycles. The molecule has 0 saturated carbocycles. The van der Waals surface area contributed by atoms with Crippen LogP contribution in [0, 0.1) is 5.82 Å². The van der Waals surface area contributed by atoms with Gasteiger partial charge in [0.25, 0.3) is 0 Å². The SMILES string of the molecule is O=C1CCOC2(CCN(CC(=O)NCCc3ccc(F)cc3)CC2)CN1. The van der Waals surface area contributed by atoms with E-state index in [2.05, 4.69) is 15.5 Å². The van der Waals surface area contributed by atoms with Crippen molar-refractivity contribution in [3.05, 3.63) is 35.6 Å². The highest BCUT2D eigenvalue weighted by Gasteiger charge is 2.37. The number of halogens is 1. The zero-order valence-corrected chi connectivity index (χ0v) is 14.9. The Bertz CT molecular complexity index is 627. The second kappa shape index (κ2) is 8.60. The fraction of sp³-hybridized carbons (Fsp3) is 0.579. The first-order valence-electron chi connectivity index (χ1n) is 9.19. The van der Waals surface area contributed by atoms with Crippen molar-refractivity contribution in [3.63, 3.8) is 0 Å². The first kappa shape index (κ1) is 18.8. The number of piperidine rings is 1. The molecular formula is C19H26FN3O3. The maximum Gasteiger partial charge on any atom is 0.234 e. The lowest BCUT2D eigenvalue weighted by atomic mass is 9.91. The Morgan fingerprint density at radius 1 is 1.27 bits per heavy atom. The first-order chi connectivity index (χ1) is 12.5. The van der Waals surface area contributed by atoms with Crippen LogP contribution in [0.25, 0.3) is 0 Å². The number of nitrogens with one attached hydrogen (secondary N) is 2. The second-order valence-electron chi connectivity index (χ2n) is 7.06. The molecule has 142 valence electrons. The molecular weight excluding hydrogens is 337 g/mol. The molecule has 0 radical (unpaired) electrons. The summed E-state index contributed by atoms with van der Waals surface area (Å²) in [6.07, 6.45) is 2.73. The summed E-state index contributed by atoms with van der Waals surface area (Å²) in [5.41, 5.74) is 0.723. The van der Waals surface area contributed by atoms with Gasteiger partial charge in [-0.1, -0.05) is 12.1 Å². The van der Waals surface area contributed by atoms with Crippen LogP contribution in [0.15, 0.2) is 24.3 Å². The van der Waals surface area contributed by atoms with E-state index in [0.717, 1.165) is 31.5 Å². The van der Waals surface area contributed by atoms with Crippen molar-refractivity contribution in [2.75, 3.05) is 39.3 Å². The predicted octanol–water partition coefficient (Wildman–Crippen LogP) is 0.856. The highest BCUT2D eigenvalue weighted by Crippen LogP contribution is 2.27. The van der Waals surface area contributed by atoms with E-state index in [4.69, 9.17) is 4.74 Å². The molecule has 0 aliphatic carbocycles. The topological polar surface area (TPSA) is 70.7 Å². The average molecular weight is 363 g/mol. The van der Waals surface area contributed by atoms with Crippen molar-refractivity contribution in [3.8, 4) is 0 Å². The number of ether oxygens (including phenoxy) is 1. The number of nitrogens with zero attached hydrogens (tertiary/aromatic N) is 1. The van der Waals surface area contributed by atoms with E-state index in [1.165, 1.54) is 12.1 Å². The van der Waals surface area contributed by atoms with Crippen molar-refractivity contribution in [1.82, 2.24) is 15.5 Å². The van der Waals surface area contributed by atoms with Crippen LogP contribution in [0.3, 0.4) is 0 Å². The maximum atomic E-state index is 12.9. The molecule has 7 heteroatoms. The van der Waals surface area contributed by atoms with Crippen molar-refractivity contribution in [2.45, 2.75) is 31.3 Å². The quantitative estimate of drug-likeness (QED) is 0.814. The standard InChI is InChI=1S/C19H26FN3O3/c20-16-3-1-15(2-4-16)5-9-21-18(25)13-23-10-7-19(8-11-23)14-22-17(24)6-12-26-19/h1-4H,5-14H2,(H,21,25)(H,22,24). The normalized spacial score (nSPS) is 20.4. The van der Waals surface area contributed by atoms with E-state index in [1.807, 2.05) is 0 Å². The number of rotatable bonds is 5. The molecule has 0 bridgehead atoms. The van der Waals surface area contributed by atoms with Gasteiger partial charge in [-0.05, 0) is 37.0 Å². The Morgan fingerprint density at radius 3 is 2.73 bits per heavy atom. The van der Waals surface area contributed by atoms with E-state index in [0.29, 0.717) is 39.1 Å². The molecule has 6 nitrogen and oxygen atoms in total. The molecule has 2 aliphatic heterocycles. The molecule has 1 aromatic rings. The summed E-state index contributed by atoms with van der Waals surface area (Å²) in [7, 11) is 0. The van der Waals surface area contributed by atoms with E-state index in [9.17, 15) is 14.0 Å². The van der Waals surface area contributed by atoms with E-state index < -0.39 is 0 Å². The highest BCUT2D eigenvalue weighted by molar-refractivity contribution is 5.78. The number of hydrogen-bond acceptors (Lipinski definition) is 4. The van der Waals surface area contributed by atoms with Gasteiger partial charge < -0.3 is 15.4 Å². The van der Waals surface area contributed by atoms with Crippen molar-refractivity contribution in [2.24, 2.45) is 0 Å². The van der Waals surface area contributed by atoms with Crippen LogP contribution >= 0.6 is 0 Å². The second-order valence-corrected chi connectivity index (χ2v) is 7.06. The molecule has 0 aromatic heterocycles. The van der Waals surface area contributed by atoms with Crippen LogP contribution in [0.4, 0.5) is 4.39 Å². The number of amides is 2. The third kappa shape index (κ3) is 5.25. The van der Waals surface area contributed by atoms with Gasteiger partial charge in [-0.25, -0.2) is 4.39 Å². The van der Waals surface area contributed by atoms with Crippen molar-refractivity contribution < 1.29 is 18.7 Å². The highest BCUT2D eigenvalue weighted by atomic mass is 19.1. The van der Waals surface area contributed by atoms with Gasteiger partial charge in [-0.2, -0.15) is 0 Å². The Hall–Kier alpha value is -1.99. The minimum absolute atomic E-state index is 0.00171. The van der Waals surface area contributed by atoms with E-state index in [-0.39, 0.29) is 23.2 Å². The summed E-state index contributed by atoms with van der Waals surface area (Å²) in [6, 6.07) is 6.33. The monoisotopic (exact) mass is 363 g/mol. The van der Waals surface area contributed by atoms with Crippen LogP contribution < -0.4 is 10.6 Å². The van der Waals surface area contributed by atoms with Gasteiger partial charge in [0.1, 0.15) is 5.82 Å². The van der Waals surface area contributed by atoms with Crippen molar-refractivity contribution >= 4 is 11.8 Å². The third-order valence-corrected chi connectivity index (χ3v) is 5.13. The number of hydrogen-bond donors (Lipinski definition) is 2. The van der Waals surface area contributed by atoms with Gasteiger partial charge in [0.15, 0.2) is 0 Å². The molecule has 2 fully saturated rings. The Morgan fingerprint density at radius 2 is 2.00 bits per heavy atom. The zero-order valence-electron chi connectivity index (χ0n) is 14.9. The minimum Gasteiger partial charge on any atom is -0.373 e. The number of benzene rings is 1. The molecule has 2 amide bonds. The Kier molecular flexibility index (Phi) is 6.21. The molecule has 2 aliphatic rings. The largest absolute Gasteiger partial charge is 0.373 e. The number of carbonyl (C=O) groups excluding carboxylic acids is 2. The molecule has 1 spiro atoms. The minimum atomic E-state index is -0.276. The van der Waals surface area contributed by atoms with Crippen molar-refractivity contribution in [1.29, 1.82) is 0 Å². The van der Waals surface area contributed by atoms with Gasteiger partial charge in [0.05, 0.1) is 18.8 Å². The fourth-order valence-electron chi connectivity index (χ4n) is 3.46. The molecule has 0 atom stereocenters. The molecule has 2 heterocycles. The summed E-state index contributed by atoms with van der Waals surface area (Å²) >= 11 is 0. The first-order valence-corrected chi connectivity index (χ1v) is 9.19. The summed E-state index contributed by atoms with van der Waals surface area (Å²) in [6.45, 7) is 3.49. The molecule has 0 unspecified atom stereocenters. The van der Waals surface area contributed by atoms with Gasteiger partial charge in [-0.3, -0.25) is 14.5 Å². The van der Waals surface area contributed by atoms with Gasteiger partial charge in [-0.15, -0.1) is 0 Å². The average Bonchev–Trinajstić information content (AvgIpc) is 2.81. The molecule has 2 N–H and O–H groups in total. The van der Waals surface area contributed by atoms with Gasteiger partial charge in [0.2, 0.25) is 11.8 Å². The lowest BCUT2D eigenvalue weighted by molar-refractivity contribution is -0.124. The summed E-state index contributed by atoms with van der Waals surface area (Å²) in [4.78, 5) is 25.7. The lowest BCUT2D eigenvalue weighted by Crippen LogP contribution is -2.52. The smallest absolute Gasteiger partial charge is 0.234 e. The molecule has 2 saturated heterocycles. The Labute approximate surface area is 153 Å².